The number of halogens is 1. The average molecular weight is 485 g/mol. The first-order valence-corrected chi connectivity index (χ1v) is 9.75. The van der Waals surface area contributed by atoms with E-state index in [1.807, 2.05) is 0 Å². The molecule has 0 radical (unpaired) electrons. The molecular formula is C19H28IN5S. The highest BCUT2D eigenvalue weighted by molar-refractivity contribution is 14.0. The lowest BCUT2D eigenvalue weighted by Gasteiger charge is -2.37. The van der Waals surface area contributed by atoms with Crippen molar-refractivity contribution >= 4 is 47.0 Å². The predicted octanol–water partition coefficient (Wildman–Crippen LogP) is 3.67. The van der Waals surface area contributed by atoms with E-state index in [-0.39, 0.29) is 24.0 Å². The summed E-state index contributed by atoms with van der Waals surface area (Å²) in [6, 6.07) is 10.6. The number of aromatic nitrogens is 1. The number of benzene rings is 1. The molecule has 1 aromatic heterocycles. The normalized spacial score (nSPS) is 15.0. The van der Waals surface area contributed by atoms with Crippen LogP contribution in [-0.2, 0) is 6.54 Å². The molecule has 0 unspecified atom stereocenters. The number of guanidine groups is 1. The van der Waals surface area contributed by atoms with Crippen molar-refractivity contribution in [1.29, 1.82) is 0 Å². The molecule has 1 aromatic carbocycles. The van der Waals surface area contributed by atoms with Crippen LogP contribution in [0, 0.1) is 13.8 Å². The van der Waals surface area contributed by atoms with E-state index < -0.39 is 0 Å². The second kappa shape index (κ2) is 10.1. The molecule has 0 saturated carbocycles. The fourth-order valence-electron chi connectivity index (χ4n) is 2.99. The number of hydrogen-bond acceptors (Lipinski definition) is 4. The molecule has 1 N–H and O–H groups in total. The highest BCUT2D eigenvalue weighted by Gasteiger charge is 2.19. The van der Waals surface area contributed by atoms with Crippen LogP contribution in [-0.4, -0.2) is 48.6 Å². The number of thiazole rings is 1. The van der Waals surface area contributed by atoms with Crippen LogP contribution in [0.3, 0.4) is 0 Å². The molecule has 0 aliphatic carbocycles. The van der Waals surface area contributed by atoms with Gasteiger partial charge >= 0.3 is 0 Å². The van der Waals surface area contributed by atoms with E-state index in [4.69, 9.17) is 4.99 Å². The second-order valence-electron chi connectivity index (χ2n) is 6.23. The van der Waals surface area contributed by atoms with Crippen molar-refractivity contribution in [2.24, 2.45) is 4.99 Å². The molecule has 1 saturated heterocycles. The Morgan fingerprint density at radius 1 is 1.15 bits per heavy atom. The van der Waals surface area contributed by atoms with Gasteiger partial charge in [-0.25, -0.2) is 9.98 Å². The number of para-hydroxylation sites is 1. The third-order valence-corrected chi connectivity index (χ3v) is 5.53. The van der Waals surface area contributed by atoms with Gasteiger partial charge < -0.3 is 15.1 Å². The van der Waals surface area contributed by atoms with E-state index in [0.29, 0.717) is 6.54 Å². The molecule has 142 valence electrons. The number of aliphatic imine (C=N–C) groups is 1. The molecule has 0 atom stereocenters. The predicted molar refractivity (Wildman–Crippen MR) is 122 cm³/mol. The Balaban J connectivity index is 0.00000243. The zero-order valence-electron chi connectivity index (χ0n) is 15.7. The molecule has 1 aliphatic heterocycles. The van der Waals surface area contributed by atoms with Crippen LogP contribution < -0.4 is 10.2 Å². The lowest BCUT2D eigenvalue weighted by molar-refractivity contribution is 0.372. The van der Waals surface area contributed by atoms with E-state index in [1.165, 1.54) is 10.6 Å². The van der Waals surface area contributed by atoms with Crippen molar-refractivity contribution in [3.05, 3.63) is 45.9 Å². The number of anilines is 1. The third kappa shape index (κ3) is 5.33. The Hall–Kier alpha value is -1.35. The van der Waals surface area contributed by atoms with Crippen molar-refractivity contribution in [2.45, 2.75) is 27.3 Å². The van der Waals surface area contributed by atoms with Crippen molar-refractivity contribution in [3.8, 4) is 0 Å². The molecule has 2 heterocycles. The maximum atomic E-state index is 4.82. The maximum absolute atomic E-state index is 4.82. The fraction of sp³-hybridized carbons (Fsp3) is 0.474. The topological polar surface area (TPSA) is 43.8 Å². The van der Waals surface area contributed by atoms with Crippen LogP contribution in [0.25, 0.3) is 0 Å². The first-order valence-electron chi connectivity index (χ1n) is 8.93. The summed E-state index contributed by atoms with van der Waals surface area (Å²) in [5, 5.41) is 4.52. The molecule has 3 rings (SSSR count). The van der Waals surface area contributed by atoms with E-state index in [9.17, 15) is 0 Å². The quantitative estimate of drug-likeness (QED) is 0.408. The Labute approximate surface area is 177 Å². The fourth-order valence-corrected chi connectivity index (χ4v) is 3.85. The van der Waals surface area contributed by atoms with Gasteiger partial charge in [-0.3, -0.25) is 0 Å². The van der Waals surface area contributed by atoms with Crippen LogP contribution in [0.2, 0.25) is 0 Å². The van der Waals surface area contributed by atoms with Crippen LogP contribution in [0.4, 0.5) is 5.69 Å². The summed E-state index contributed by atoms with van der Waals surface area (Å²) in [4.78, 5) is 15.5. The van der Waals surface area contributed by atoms with Gasteiger partial charge in [0.25, 0.3) is 0 Å². The number of nitrogens with one attached hydrogen (secondary N) is 1. The highest BCUT2D eigenvalue weighted by Crippen LogP contribution is 2.18. The van der Waals surface area contributed by atoms with E-state index in [0.717, 1.165) is 49.4 Å². The zero-order chi connectivity index (χ0) is 17.6. The van der Waals surface area contributed by atoms with Gasteiger partial charge in [-0.1, -0.05) is 18.2 Å². The molecule has 0 spiro atoms. The van der Waals surface area contributed by atoms with Crippen LogP contribution in [0.5, 0.6) is 0 Å². The largest absolute Gasteiger partial charge is 0.368 e. The number of piperazine rings is 1. The first-order chi connectivity index (χ1) is 12.2. The minimum absolute atomic E-state index is 0. The zero-order valence-corrected chi connectivity index (χ0v) is 18.9. The lowest BCUT2D eigenvalue weighted by atomic mass is 10.2. The van der Waals surface area contributed by atoms with Crippen LogP contribution >= 0.6 is 35.3 Å². The highest BCUT2D eigenvalue weighted by atomic mass is 127. The lowest BCUT2D eigenvalue weighted by Crippen LogP contribution is -2.52. The summed E-state index contributed by atoms with van der Waals surface area (Å²) < 4.78 is 0. The van der Waals surface area contributed by atoms with E-state index in [2.05, 4.69) is 71.2 Å². The summed E-state index contributed by atoms with van der Waals surface area (Å²) in [6.45, 7) is 11.8. The molecule has 1 aliphatic rings. The molecular weight excluding hydrogens is 457 g/mol. The Morgan fingerprint density at radius 2 is 1.85 bits per heavy atom. The molecule has 1 fully saturated rings. The second-order valence-corrected chi connectivity index (χ2v) is 7.52. The first kappa shape index (κ1) is 21.0. The monoisotopic (exact) mass is 485 g/mol. The standard InChI is InChI=1S/C19H27N5S.HI/c1-4-20-19(21-14-18-22-15(2)16(3)25-18)24-12-10-23(11-13-24)17-8-6-5-7-9-17;/h5-9H,4,10-14H2,1-3H3,(H,20,21);1H. The van der Waals surface area contributed by atoms with E-state index >= 15 is 0 Å². The van der Waals surface area contributed by atoms with Gasteiger partial charge in [-0.05, 0) is 32.9 Å². The van der Waals surface area contributed by atoms with E-state index in [1.54, 1.807) is 11.3 Å². The number of aryl methyl sites for hydroxylation is 2. The van der Waals surface area contributed by atoms with Gasteiger partial charge in [-0.15, -0.1) is 35.3 Å². The van der Waals surface area contributed by atoms with Gasteiger partial charge in [0.2, 0.25) is 0 Å². The van der Waals surface area contributed by atoms with Gasteiger partial charge in [0.05, 0.1) is 12.2 Å². The SMILES string of the molecule is CCNC(=NCc1nc(C)c(C)s1)N1CCN(c2ccccc2)CC1.I. The molecule has 7 heteroatoms. The minimum atomic E-state index is 0. The van der Waals surface area contributed by atoms with Crippen LogP contribution in [0.15, 0.2) is 35.3 Å². The van der Waals surface area contributed by atoms with Gasteiger partial charge in [-0.2, -0.15) is 0 Å². The number of nitrogens with zero attached hydrogens (tertiary/aromatic N) is 4. The summed E-state index contributed by atoms with van der Waals surface area (Å²) in [5.41, 5.74) is 2.43. The Morgan fingerprint density at radius 3 is 2.42 bits per heavy atom. The third-order valence-electron chi connectivity index (χ3n) is 4.47. The van der Waals surface area contributed by atoms with Gasteiger partial charge in [0, 0.05) is 43.3 Å². The molecule has 0 bridgehead atoms. The van der Waals surface area contributed by atoms with Gasteiger partial charge in [0.1, 0.15) is 5.01 Å². The Bertz CT molecular complexity index is 688. The Kier molecular flexibility index (Phi) is 8.15. The molecule has 26 heavy (non-hydrogen) atoms. The van der Waals surface area contributed by atoms with Gasteiger partial charge in [0.15, 0.2) is 5.96 Å². The van der Waals surface area contributed by atoms with Crippen molar-refractivity contribution in [1.82, 2.24) is 15.2 Å². The van der Waals surface area contributed by atoms with Crippen LogP contribution in [0.1, 0.15) is 22.5 Å². The summed E-state index contributed by atoms with van der Waals surface area (Å²) in [7, 11) is 0. The number of rotatable bonds is 4. The minimum Gasteiger partial charge on any atom is -0.368 e. The van der Waals surface area contributed by atoms with Crippen molar-refractivity contribution in [3.63, 3.8) is 0 Å². The molecule has 2 aromatic rings. The average Bonchev–Trinajstić information content (AvgIpc) is 2.97. The number of hydrogen-bond donors (Lipinski definition) is 1. The maximum Gasteiger partial charge on any atom is 0.194 e. The summed E-state index contributed by atoms with van der Waals surface area (Å²) in [5.74, 6) is 1.00. The molecule has 0 amide bonds. The smallest absolute Gasteiger partial charge is 0.194 e. The summed E-state index contributed by atoms with van der Waals surface area (Å²) >= 11 is 1.75. The molecule has 5 nitrogen and oxygen atoms in total. The van der Waals surface area contributed by atoms with Crippen molar-refractivity contribution < 1.29 is 0 Å². The summed E-state index contributed by atoms with van der Waals surface area (Å²) in [6.07, 6.45) is 0. The van der Waals surface area contributed by atoms with Crippen molar-refractivity contribution in [2.75, 3.05) is 37.6 Å².